The summed E-state index contributed by atoms with van der Waals surface area (Å²) in [4.78, 5) is 34.3. The van der Waals surface area contributed by atoms with Gasteiger partial charge in [0.25, 0.3) is 0 Å². The summed E-state index contributed by atoms with van der Waals surface area (Å²) in [5.74, 6) is -0.412. The second kappa shape index (κ2) is 6.85. The highest BCUT2D eigenvalue weighted by Gasteiger charge is 2.29. The first-order valence-electron chi connectivity index (χ1n) is 7.94. The molecule has 4 rings (SSSR count). The number of ketones is 1. The number of aromatic nitrogens is 2. The first kappa shape index (κ1) is 16.1. The highest BCUT2D eigenvalue weighted by atomic mass is 32.1. The number of hydrogen-bond acceptors (Lipinski definition) is 6. The number of nitrogens with one attached hydrogen (secondary N) is 1. The van der Waals surface area contributed by atoms with Crippen LogP contribution in [-0.2, 0) is 16.0 Å². The van der Waals surface area contributed by atoms with Gasteiger partial charge in [-0.1, -0.05) is 0 Å². The minimum atomic E-state index is -0.381. The number of carbonyl (C=O) groups excluding carboxylic acids is 2. The second-order valence-electron chi connectivity index (χ2n) is 5.88. The molecule has 0 saturated heterocycles. The van der Waals surface area contributed by atoms with E-state index in [0.717, 1.165) is 27.4 Å². The average molecular weight is 369 g/mol. The van der Waals surface area contributed by atoms with Gasteiger partial charge in [-0.2, -0.15) is 0 Å². The van der Waals surface area contributed by atoms with Crippen LogP contribution in [0, 0.1) is 0 Å². The van der Waals surface area contributed by atoms with Crippen LogP contribution in [0.2, 0.25) is 0 Å². The lowest BCUT2D eigenvalue weighted by Crippen LogP contribution is -2.25. The van der Waals surface area contributed by atoms with Crippen LogP contribution in [0.3, 0.4) is 0 Å². The molecule has 1 aliphatic carbocycles. The van der Waals surface area contributed by atoms with E-state index >= 15 is 0 Å². The second-order valence-corrected chi connectivity index (χ2v) is 7.52. The summed E-state index contributed by atoms with van der Waals surface area (Å²) in [7, 11) is 0. The molecule has 0 bridgehead atoms. The molecule has 1 aliphatic rings. The SMILES string of the molecule is O=C(CC1C(=O)CCc2cnccc21)Nc1ccsc1-c1cscn1. The fourth-order valence-corrected chi connectivity index (χ4v) is 4.57. The maximum absolute atomic E-state index is 12.6. The summed E-state index contributed by atoms with van der Waals surface area (Å²) in [6, 6.07) is 3.73. The molecule has 0 aromatic carbocycles. The maximum atomic E-state index is 12.6. The molecule has 25 heavy (non-hydrogen) atoms. The number of pyridine rings is 1. The third kappa shape index (κ3) is 3.25. The zero-order chi connectivity index (χ0) is 17.2. The van der Waals surface area contributed by atoms with Gasteiger partial charge in [0.2, 0.25) is 5.91 Å². The van der Waals surface area contributed by atoms with Crippen LogP contribution in [0.15, 0.2) is 40.8 Å². The van der Waals surface area contributed by atoms with Gasteiger partial charge in [-0.15, -0.1) is 22.7 Å². The van der Waals surface area contributed by atoms with Crippen molar-refractivity contribution in [1.82, 2.24) is 9.97 Å². The zero-order valence-corrected chi connectivity index (χ0v) is 14.9. The predicted octanol–water partition coefficient (Wildman–Crippen LogP) is 3.89. The van der Waals surface area contributed by atoms with Gasteiger partial charge in [-0.05, 0) is 35.1 Å². The topological polar surface area (TPSA) is 72.0 Å². The highest BCUT2D eigenvalue weighted by Crippen LogP contribution is 2.35. The number of fused-ring (bicyclic) bond motifs is 1. The molecule has 1 amide bonds. The minimum Gasteiger partial charge on any atom is -0.325 e. The number of nitrogens with zero attached hydrogens (tertiary/aromatic N) is 2. The molecule has 126 valence electrons. The molecule has 3 aromatic rings. The van der Waals surface area contributed by atoms with E-state index in [1.54, 1.807) is 17.9 Å². The Hall–Kier alpha value is -2.38. The first-order chi connectivity index (χ1) is 12.2. The minimum absolute atomic E-state index is 0.124. The number of thiophene rings is 1. The van der Waals surface area contributed by atoms with Crippen molar-refractivity contribution in [2.45, 2.75) is 25.2 Å². The summed E-state index contributed by atoms with van der Waals surface area (Å²) in [5.41, 5.74) is 5.39. The van der Waals surface area contributed by atoms with Crippen molar-refractivity contribution in [3.63, 3.8) is 0 Å². The molecule has 1 N–H and O–H groups in total. The van der Waals surface area contributed by atoms with E-state index < -0.39 is 0 Å². The molecule has 0 spiro atoms. The number of anilines is 1. The van der Waals surface area contributed by atoms with E-state index in [9.17, 15) is 9.59 Å². The third-order valence-electron chi connectivity index (χ3n) is 4.34. The lowest BCUT2D eigenvalue weighted by molar-refractivity contribution is -0.124. The van der Waals surface area contributed by atoms with Crippen LogP contribution >= 0.6 is 22.7 Å². The molecular weight excluding hydrogens is 354 g/mol. The molecule has 0 fully saturated rings. The molecule has 1 atom stereocenters. The number of hydrogen-bond donors (Lipinski definition) is 1. The van der Waals surface area contributed by atoms with E-state index in [1.165, 1.54) is 22.7 Å². The van der Waals surface area contributed by atoms with Crippen molar-refractivity contribution in [3.8, 4) is 10.6 Å². The lowest BCUT2D eigenvalue weighted by atomic mass is 9.81. The largest absolute Gasteiger partial charge is 0.325 e. The van der Waals surface area contributed by atoms with Crippen LogP contribution in [-0.4, -0.2) is 21.7 Å². The van der Waals surface area contributed by atoms with E-state index in [0.29, 0.717) is 12.8 Å². The van der Waals surface area contributed by atoms with Gasteiger partial charge in [0.1, 0.15) is 5.78 Å². The Morgan fingerprint density at radius 1 is 1.32 bits per heavy atom. The standard InChI is InChI=1S/C18H15N3O2S2/c22-16-2-1-11-8-19-5-3-12(11)13(16)7-17(23)21-14-4-6-25-18(14)15-9-24-10-20-15/h3-6,8-10,13H,1-2,7H2,(H,21,23). The van der Waals surface area contributed by atoms with E-state index in [2.05, 4.69) is 15.3 Å². The number of rotatable bonds is 4. The third-order valence-corrected chi connectivity index (χ3v) is 5.86. The predicted molar refractivity (Wildman–Crippen MR) is 99.0 cm³/mol. The Labute approximate surface area is 152 Å². The van der Waals surface area contributed by atoms with Crippen LogP contribution in [0.5, 0.6) is 0 Å². The van der Waals surface area contributed by atoms with Gasteiger partial charge in [-0.25, -0.2) is 4.98 Å². The molecule has 3 heterocycles. The van der Waals surface area contributed by atoms with Crippen LogP contribution < -0.4 is 5.32 Å². The zero-order valence-electron chi connectivity index (χ0n) is 13.3. The summed E-state index contributed by atoms with van der Waals surface area (Å²) in [6.07, 6.45) is 4.81. The molecule has 7 heteroatoms. The Bertz CT molecular complexity index is 918. The summed E-state index contributed by atoms with van der Waals surface area (Å²) in [6.45, 7) is 0. The van der Waals surface area contributed by atoms with Crippen molar-refractivity contribution in [2.75, 3.05) is 5.32 Å². The number of amides is 1. The van der Waals surface area contributed by atoms with Crippen molar-refractivity contribution < 1.29 is 9.59 Å². The molecule has 0 saturated carbocycles. The van der Waals surface area contributed by atoms with Crippen molar-refractivity contribution >= 4 is 40.1 Å². The number of thiazole rings is 1. The van der Waals surface area contributed by atoms with Crippen LogP contribution in [0.4, 0.5) is 5.69 Å². The van der Waals surface area contributed by atoms with E-state index in [1.807, 2.05) is 22.9 Å². The lowest BCUT2D eigenvalue weighted by Gasteiger charge is -2.23. The van der Waals surface area contributed by atoms with Gasteiger partial charge in [-0.3, -0.25) is 14.6 Å². The van der Waals surface area contributed by atoms with Crippen molar-refractivity contribution in [3.05, 3.63) is 51.9 Å². The maximum Gasteiger partial charge on any atom is 0.225 e. The first-order valence-corrected chi connectivity index (χ1v) is 9.76. The summed E-state index contributed by atoms with van der Waals surface area (Å²) in [5, 5.41) is 6.83. The average Bonchev–Trinajstić information content (AvgIpc) is 3.28. The Morgan fingerprint density at radius 2 is 2.24 bits per heavy atom. The normalized spacial score (nSPS) is 16.5. The van der Waals surface area contributed by atoms with Crippen molar-refractivity contribution in [2.24, 2.45) is 0 Å². The number of Topliss-reactive ketones (excluding diaryl/α,β-unsaturated/α-hetero) is 1. The Balaban J connectivity index is 1.52. The number of carbonyl (C=O) groups is 2. The van der Waals surface area contributed by atoms with E-state index in [4.69, 9.17) is 0 Å². The molecule has 3 aromatic heterocycles. The Morgan fingerprint density at radius 3 is 3.08 bits per heavy atom. The van der Waals surface area contributed by atoms with Gasteiger partial charge >= 0.3 is 0 Å². The van der Waals surface area contributed by atoms with Gasteiger partial charge in [0, 0.05) is 30.6 Å². The van der Waals surface area contributed by atoms with Crippen LogP contribution in [0.1, 0.15) is 29.9 Å². The van der Waals surface area contributed by atoms with E-state index in [-0.39, 0.29) is 24.0 Å². The van der Waals surface area contributed by atoms with Crippen LogP contribution in [0.25, 0.3) is 10.6 Å². The molecule has 0 radical (unpaired) electrons. The molecular formula is C18H15N3O2S2. The van der Waals surface area contributed by atoms with Crippen molar-refractivity contribution in [1.29, 1.82) is 0 Å². The fraction of sp³-hybridized carbons (Fsp3) is 0.222. The van der Waals surface area contributed by atoms with Gasteiger partial charge in [0.15, 0.2) is 0 Å². The quantitative estimate of drug-likeness (QED) is 0.757. The fourth-order valence-electron chi connectivity index (χ4n) is 3.13. The summed E-state index contributed by atoms with van der Waals surface area (Å²) >= 11 is 3.06. The van der Waals surface area contributed by atoms with Gasteiger partial charge < -0.3 is 5.32 Å². The highest BCUT2D eigenvalue weighted by molar-refractivity contribution is 7.14. The number of aryl methyl sites for hydroxylation is 1. The molecule has 0 aliphatic heterocycles. The summed E-state index contributed by atoms with van der Waals surface area (Å²) < 4.78 is 0. The molecule has 5 nitrogen and oxygen atoms in total. The Kier molecular flexibility index (Phi) is 4.42. The smallest absolute Gasteiger partial charge is 0.225 e. The molecule has 1 unspecified atom stereocenters. The van der Waals surface area contributed by atoms with Gasteiger partial charge in [0.05, 0.1) is 27.7 Å². The monoisotopic (exact) mass is 369 g/mol.